The van der Waals surface area contributed by atoms with Crippen LogP contribution in [0.15, 0.2) is 174 Å². The van der Waals surface area contributed by atoms with Crippen LogP contribution in [0, 0.1) is 0 Å². The summed E-state index contributed by atoms with van der Waals surface area (Å²) in [7, 11) is 0. The van der Waals surface area contributed by atoms with Crippen molar-refractivity contribution in [3.05, 3.63) is 181 Å². The Morgan fingerprint density at radius 3 is 1.80 bits per heavy atom. The molecule has 54 heavy (non-hydrogen) atoms. The third-order valence-corrected chi connectivity index (χ3v) is 12.1. The minimum Gasteiger partial charge on any atom is -0.456 e. The lowest BCUT2D eigenvalue weighted by Crippen LogP contribution is -2.14. The van der Waals surface area contributed by atoms with Gasteiger partial charge in [-0.3, -0.25) is 0 Å². The molecule has 0 spiro atoms. The summed E-state index contributed by atoms with van der Waals surface area (Å²) in [4.78, 5) is 0. The van der Waals surface area contributed by atoms with Crippen LogP contribution in [0.3, 0.4) is 0 Å². The van der Waals surface area contributed by atoms with E-state index in [4.69, 9.17) is 4.42 Å². The zero-order valence-corrected chi connectivity index (χ0v) is 30.0. The Balaban J connectivity index is 1.12. The molecule has 3 nitrogen and oxygen atoms in total. The third kappa shape index (κ3) is 3.96. The number of benzene rings is 8. The van der Waals surface area contributed by atoms with Crippen molar-refractivity contribution in [2.45, 2.75) is 19.3 Å². The zero-order chi connectivity index (χ0) is 35.7. The van der Waals surface area contributed by atoms with Gasteiger partial charge in [-0.1, -0.05) is 105 Å². The van der Waals surface area contributed by atoms with Gasteiger partial charge in [0.05, 0.1) is 22.1 Å². The second-order valence-electron chi connectivity index (χ2n) is 15.4. The van der Waals surface area contributed by atoms with Gasteiger partial charge in [0.15, 0.2) is 0 Å². The first-order valence-corrected chi connectivity index (χ1v) is 18.8. The Hall–Kier alpha value is -6.84. The first-order valence-electron chi connectivity index (χ1n) is 18.8. The number of fused-ring (bicyclic) bond motifs is 12. The smallest absolute Gasteiger partial charge is 0.135 e. The monoisotopic (exact) mass is 690 g/mol. The van der Waals surface area contributed by atoms with Gasteiger partial charge in [0.1, 0.15) is 11.2 Å². The summed E-state index contributed by atoms with van der Waals surface area (Å²) < 4.78 is 11.1. The van der Waals surface area contributed by atoms with Gasteiger partial charge >= 0.3 is 0 Å². The summed E-state index contributed by atoms with van der Waals surface area (Å²) in [6.07, 6.45) is 0. The number of hydrogen-bond donors (Lipinski definition) is 0. The van der Waals surface area contributed by atoms with E-state index in [2.05, 4.69) is 187 Å². The molecule has 0 bridgehead atoms. The molecular weight excluding hydrogens is 657 g/mol. The predicted molar refractivity (Wildman–Crippen MR) is 225 cm³/mol. The molecule has 3 heteroatoms. The van der Waals surface area contributed by atoms with Crippen molar-refractivity contribution in [2.24, 2.45) is 0 Å². The van der Waals surface area contributed by atoms with E-state index in [9.17, 15) is 0 Å². The number of rotatable bonds is 3. The van der Waals surface area contributed by atoms with Crippen molar-refractivity contribution >= 4 is 65.6 Å². The maximum Gasteiger partial charge on any atom is 0.135 e. The highest BCUT2D eigenvalue weighted by Crippen LogP contribution is 2.51. The second kappa shape index (κ2) is 10.6. The molecule has 3 aromatic heterocycles. The molecule has 0 saturated heterocycles. The molecule has 0 atom stereocenters. The van der Waals surface area contributed by atoms with Crippen molar-refractivity contribution < 1.29 is 4.42 Å². The van der Waals surface area contributed by atoms with E-state index in [1.165, 1.54) is 82.7 Å². The highest BCUT2D eigenvalue weighted by atomic mass is 16.3. The number of para-hydroxylation sites is 3. The molecule has 0 fully saturated rings. The van der Waals surface area contributed by atoms with Gasteiger partial charge in [-0.15, -0.1) is 0 Å². The van der Waals surface area contributed by atoms with Crippen LogP contribution in [0.4, 0.5) is 0 Å². The molecule has 0 unspecified atom stereocenters. The van der Waals surface area contributed by atoms with E-state index in [1.54, 1.807) is 0 Å². The van der Waals surface area contributed by atoms with Crippen molar-refractivity contribution in [3.63, 3.8) is 0 Å². The van der Waals surface area contributed by atoms with Crippen LogP contribution in [0.1, 0.15) is 25.0 Å². The molecule has 1 aliphatic carbocycles. The Morgan fingerprint density at radius 2 is 0.981 bits per heavy atom. The van der Waals surface area contributed by atoms with Gasteiger partial charge in [-0.2, -0.15) is 0 Å². The Bertz CT molecular complexity index is 3350. The van der Waals surface area contributed by atoms with E-state index in [1.807, 2.05) is 6.07 Å². The van der Waals surface area contributed by atoms with Crippen LogP contribution in [0.25, 0.3) is 99.2 Å². The van der Waals surface area contributed by atoms with Gasteiger partial charge < -0.3 is 13.6 Å². The predicted octanol–water partition coefficient (Wildman–Crippen LogP) is 13.8. The summed E-state index contributed by atoms with van der Waals surface area (Å²) in [5.74, 6) is 0. The lowest BCUT2D eigenvalue weighted by atomic mass is 9.82. The van der Waals surface area contributed by atoms with Crippen LogP contribution in [0.5, 0.6) is 0 Å². The van der Waals surface area contributed by atoms with Gasteiger partial charge in [-0.05, 0) is 112 Å². The molecular formula is C51H34N2O. The van der Waals surface area contributed by atoms with Gasteiger partial charge in [-0.25, -0.2) is 0 Å². The quantitative estimate of drug-likeness (QED) is 0.181. The van der Waals surface area contributed by atoms with Gasteiger partial charge in [0.2, 0.25) is 0 Å². The summed E-state index contributed by atoms with van der Waals surface area (Å²) in [5, 5.41) is 7.29. The Morgan fingerprint density at radius 1 is 0.370 bits per heavy atom. The molecule has 0 N–H and O–H groups in total. The lowest BCUT2D eigenvalue weighted by Gasteiger charge is -2.21. The Labute approximate surface area is 311 Å². The third-order valence-electron chi connectivity index (χ3n) is 12.1. The van der Waals surface area contributed by atoms with Crippen molar-refractivity contribution in [1.29, 1.82) is 0 Å². The van der Waals surface area contributed by atoms with E-state index in [0.717, 1.165) is 27.6 Å². The minimum atomic E-state index is -0.106. The van der Waals surface area contributed by atoms with Crippen LogP contribution >= 0.6 is 0 Å². The fraction of sp³-hybridized carbons (Fsp3) is 0.0588. The zero-order valence-electron chi connectivity index (χ0n) is 30.0. The molecule has 12 rings (SSSR count). The standard InChI is InChI=1S/C51H34N2O/c1-51(2)43-17-9-6-14-35(43)38-29-41-40-27-32(31-20-23-46-39(26-31)36-15-7-10-18-45(36)52(46)33-12-4-3-5-13-33)21-24-47(40)53(48(41)30-44(38)51)34-22-25-50-42(28-34)37-16-8-11-19-49(37)54-50/h3-30H,1-2H3. The molecule has 11 aromatic rings. The fourth-order valence-corrected chi connectivity index (χ4v) is 9.53. The van der Waals surface area contributed by atoms with Crippen LogP contribution < -0.4 is 0 Å². The average Bonchev–Trinajstić information content (AvgIpc) is 3.92. The SMILES string of the molecule is CC1(C)c2ccccc2-c2cc3c4cc(-c5ccc6c(c5)c5ccccc5n6-c5ccccc5)ccc4n(-c4ccc5oc6ccccc6c5c4)c3cc21. The second-order valence-corrected chi connectivity index (χ2v) is 15.4. The average molecular weight is 691 g/mol. The largest absolute Gasteiger partial charge is 0.456 e. The molecule has 3 heterocycles. The number of hydrogen-bond acceptors (Lipinski definition) is 1. The van der Waals surface area contributed by atoms with Crippen molar-refractivity contribution in [2.75, 3.05) is 0 Å². The van der Waals surface area contributed by atoms with Gasteiger partial charge in [0, 0.05) is 49.1 Å². The van der Waals surface area contributed by atoms with Crippen LogP contribution in [-0.2, 0) is 5.41 Å². The topological polar surface area (TPSA) is 23.0 Å². The number of furan rings is 1. The van der Waals surface area contributed by atoms with Crippen molar-refractivity contribution in [1.82, 2.24) is 9.13 Å². The molecule has 8 aromatic carbocycles. The molecule has 254 valence electrons. The molecule has 1 aliphatic rings. The lowest BCUT2D eigenvalue weighted by molar-refractivity contribution is 0.661. The van der Waals surface area contributed by atoms with Crippen molar-refractivity contribution in [3.8, 4) is 33.6 Å². The molecule has 0 radical (unpaired) electrons. The van der Waals surface area contributed by atoms with Crippen LogP contribution in [-0.4, -0.2) is 9.13 Å². The molecule has 0 saturated carbocycles. The summed E-state index contributed by atoms with van der Waals surface area (Å²) in [5.41, 5.74) is 16.7. The number of aromatic nitrogens is 2. The summed E-state index contributed by atoms with van der Waals surface area (Å²) in [6, 6.07) is 62.3. The normalized spacial score (nSPS) is 13.5. The Kier molecular flexibility index (Phi) is 5.84. The molecule has 0 aliphatic heterocycles. The summed E-state index contributed by atoms with van der Waals surface area (Å²) >= 11 is 0. The first-order chi connectivity index (χ1) is 26.5. The van der Waals surface area contributed by atoms with E-state index < -0.39 is 0 Å². The van der Waals surface area contributed by atoms with Gasteiger partial charge in [0.25, 0.3) is 0 Å². The maximum absolute atomic E-state index is 6.26. The fourth-order valence-electron chi connectivity index (χ4n) is 9.53. The van der Waals surface area contributed by atoms with E-state index >= 15 is 0 Å². The maximum atomic E-state index is 6.26. The minimum absolute atomic E-state index is 0.106. The number of nitrogens with zero attached hydrogens (tertiary/aromatic N) is 2. The van der Waals surface area contributed by atoms with Crippen LogP contribution in [0.2, 0.25) is 0 Å². The molecule has 0 amide bonds. The highest BCUT2D eigenvalue weighted by Gasteiger charge is 2.36. The van der Waals surface area contributed by atoms with E-state index in [-0.39, 0.29) is 5.41 Å². The first kappa shape index (κ1) is 29.7. The summed E-state index contributed by atoms with van der Waals surface area (Å²) in [6.45, 7) is 4.73. The highest BCUT2D eigenvalue weighted by molar-refractivity contribution is 6.14. The van der Waals surface area contributed by atoms with E-state index in [0.29, 0.717) is 0 Å².